The van der Waals surface area contributed by atoms with Gasteiger partial charge in [-0.1, -0.05) is 77.5 Å². The lowest BCUT2D eigenvalue weighted by Gasteiger charge is -2.15. The van der Waals surface area contributed by atoms with Gasteiger partial charge in [-0.3, -0.25) is 15.0 Å². The standard InChI is InChI=1S/C28H22N4O2S2/c1-18-8-12-20(13-9-18)25-22(17-31(29-25)23-6-4-3-5-7-23)16-24-27(34)32(28(35)36-24)30-26(33)21-14-10-19(2)11-15-21/h3-17H,1-2H3,(H,30,33)/b24-16-. The van der Waals surface area contributed by atoms with Gasteiger partial charge in [-0.2, -0.15) is 10.1 Å². The molecule has 8 heteroatoms. The lowest BCUT2D eigenvalue weighted by atomic mass is 10.1. The fourth-order valence-electron chi connectivity index (χ4n) is 3.72. The van der Waals surface area contributed by atoms with Gasteiger partial charge in [-0.05, 0) is 56.4 Å². The quantitative estimate of drug-likeness (QED) is 0.276. The van der Waals surface area contributed by atoms with Gasteiger partial charge >= 0.3 is 0 Å². The molecule has 36 heavy (non-hydrogen) atoms. The van der Waals surface area contributed by atoms with Gasteiger partial charge in [-0.15, -0.1) is 0 Å². The SMILES string of the molecule is Cc1ccc(C(=O)NN2C(=O)/C(=C/c3cn(-c4ccccc4)nc3-c3ccc(C)cc3)SC2=S)cc1. The summed E-state index contributed by atoms with van der Waals surface area (Å²) in [6.07, 6.45) is 3.67. The predicted octanol–water partition coefficient (Wildman–Crippen LogP) is 5.70. The number of hydrogen-bond donors (Lipinski definition) is 1. The smallest absolute Gasteiger partial charge is 0.267 e. The fraction of sp³-hybridized carbons (Fsp3) is 0.0714. The molecule has 0 bridgehead atoms. The van der Waals surface area contributed by atoms with Gasteiger partial charge in [0.15, 0.2) is 4.32 Å². The lowest BCUT2D eigenvalue weighted by Crippen LogP contribution is -2.44. The van der Waals surface area contributed by atoms with Gasteiger partial charge in [0, 0.05) is 22.9 Å². The number of para-hydroxylation sites is 1. The summed E-state index contributed by atoms with van der Waals surface area (Å²) in [4.78, 5) is 26.3. The van der Waals surface area contributed by atoms with E-state index in [1.165, 1.54) is 0 Å². The van der Waals surface area contributed by atoms with Gasteiger partial charge in [0.25, 0.3) is 11.8 Å². The third-order valence-corrected chi connectivity index (χ3v) is 7.00. The normalized spacial score (nSPS) is 14.5. The van der Waals surface area contributed by atoms with Crippen LogP contribution in [0.3, 0.4) is 0 Å². The van der Waals surface area contributed by atoms with Crippen molar-refractivity contribution in [3.8, 4) is 16.9 Å². The second-order valence-electron chi connectivity index (χ2n) is 8.40. The molecule has 1 aliphatic heterocycles. The molecule has 1 fully saturated rings. The van der Waals surface area contributed by atoms with E-state index in [2.05, 4.69) is 5.43 Å². The van der Waals surface area contributed by atoms with E-state index in [0.717, 1.165) is 50.4 Å². The van der Waals surface area contributed by atoms with Crippen LogP contribution in [0.5, 0.6) is 0 Å². The highest BCUT2D eigenvalue weighted by atomic mass is 32.2. The third kappa shape index (κ3) is 4.86. The van der Waals surface area contributed by atoms with Crippen molar-refractivity contribution in [2.24, 2.45) is 0 Å². The van der Waals surface area contributed by atoms with E-state index in [4.69, 9.17) is 17.3 Å². The van der Waals surface area contributed by atoms with Crippen LogP contribution in [0.1, 0.15) is 27.0 Å². The molecule has 5 rings (SSSR count). The van der Waals surface area contributed by atoms with E-state index in [1.807, 2.05) is 86.8 Å². The summed E-state index contributed by atoms with van der Waals surface area (Å²) >= 11 is 6.56. The number of carbonyl (C=O) groups excluding carboxylic acids is 2. The van der Waals surface area contributed by atoms with E-state index in [9.17, 15) is 9.59 Å². The van der Waals surface area contributed by atoms with Crippen LogP contribution >= 0.6 is 24.0 Å². The number of nitrogens with zero attached hydrogens (tertiary/aromatic N) is 3. The Labute approximate surface area is 218 Å². The summed E-state index contributed by atoms with van der Waals surface area (Å²) in [5.74, 6) is -0.780. The zero-order valence-corrected chi connectivity index (χ0v) is 21.3. The molecule has 1 saturated heterocycles. The first-order valence-electron chi connectivity index (χ1n) is 11.3. The van der Waals surface area contributed by atoms with Crippen LogP contribution in [0.2, 0.25) is 0 Å². The molecule has 2 amide bonds. The highest BCUT2D eigenvalue weighted by Gasteiger charge is 2.34. The predicted molar refractivity (Wildman–Crippen MR) is 147 cm³/mol. The molecule has 0 unspecified atom stereocenters. The Morgan fingerprint density at radius 1 is 0.944 bits per heavy atom. The first kappa shape index (κ1) is 23.7. The Hall–Kier alpha value is -4.01. The second kappa shape index (κ2) is 9.93. The van der Waals surface area contributed by atoms with Gasteiger partial charge in [0.1, 0.15) is 0 Å². The summed E-state index contributed by atoms with van der Waals surface area (Å²) in [5.41, 5.74) is 8.63. The Kier molecular flexibility index (Phi) is 6.54. The molecule has 0 spiro atoms. The van der Waals surface area contributed by atoms with Gasteiger partial charge < -0.3 is 0 Å². The molecule has 0 radical (unpaired) electrons. The summed E-state index contributed by atoms with van der Waals surface area (Å²) in [7, 11) is 0. The highest BCUT2D eigenvalue weighted by Crippen LogP contribution is 2.34. The fourth-order valence-corrected chi connectivity index (χ4v) is 4.89. The maximum Gasteiger partial charge on any atom is 0.285 e. The number of carbonyl (C=O) groups is 2. The van der Waals surface area contributed by atoms with E-state index in [0.29, 0.717) is 10.5 Å². The number of amides is 2. The molecule has 4 aromatic rings. The Bertz CT molecular complexity index is 1490. The monoisotopic (exact) mass is 510 g/mol. The summed E-state index contributed by atoms with van der Waals surface area (Å²) in [5, 5.41) is 5.94. The van der Waals surface area contributed by atoms with E-state index in [-0.39, 0.29) is 10.2 Å². The molecule has 0 saturated carbocycles. The van der Waals surface area contributed by atoms with Crippen molar-refractivity contribution in [3.05, 3.63) is 112 Å². The maximum atomic E-state index is 13.2. The summed E-state index contributed by atoms with van der Waals surface area (Å²) < 4.78 is 2.06. The van der Waals surface area contributed by atoms with Crippen molar-refractivity contribution >= 4 is 46.2 Å². The minimum absolute atomic E-state index is 0.263. The molecule has 1 aromatic heterocycles. The van der Waals surface area contributed by atoms with Crippen molar-refractivity contribution in [1.29, 1.82) is 0 Å². The molecule has 1 aliphatic rings. The molecular formula is C28H22N4O2S2. The molecule has 3 aromatic carbocycles. The van der Waals surface area contributed by atoms with Gasteiger partial charge in [0.2, 0.25) is 0 Å². The number of hydrogen-bond acceptors (Lipinski definition) is 5. The van der Waals surface area contributed by atoms with E-state index < -0.39 is 5.91 Å². The minimum Gasteiger partial charge on any atom is -0.267 e. The topological polar surface area (TPSA) is 67.2 Å². The van der Waals surface area contributed by atoms with Crippen molar-refractivity contribution in [3.63, 3.8) is 0 Å². The third-order valence-electron chi connectivity index (χ3n) is 5.70. The maximum absolute atomic E-state index is 13.2. The number of aryl methyl sites for hydroxylation is 2. The van der Waals surface area contributed by atoms with E-state index >= 15 is 0 Å². The Morgan fingerprint density at radius 3 is 2.25 bits per heavy atom. The molecule has 1 N–H and O–H groups in total. The Balaban J connectivity index is 1.47. The number of benzene rings is 3. The van der Waals surface area contributed by atoms with Gasteiger partial charge in [0.05, 0.1) is 16.3 Å². The molecule has 178 valence electrons. The van der Waals surface area contributed by atoms with Crippen molar-refractivity contribution in [1.82, 2.24) is 20.2 Å². The van der Waals surface area contributed by atoms with Crippen LogP contribution in [0, 0.1) is 13.8 Å². The van der Waals surface area contributed by atoms with Crippen molar-refractivity contribution in [2.45, 2.75) is 13.8 Å². The number of aromatic nitrogens is 2. The zero-order valence-electron chi connectivity index (χ0n) is 19.6. The molecule has 0 atom stereocenters. The van der Waals surface area contributed by atoms with Crippen molar-refractivity contribution in [2.75, 3.05) is 0 Å². The van der Waals surface area contributed by atoms with Crippen LogP contribution in [0.15, 0.2) is 90.0 Å². The van der Waals surface area contributed by atoms with Crippen LogP contribution in [-0.4, -0.2) is 30.9 Å². The van der Waals surface area contributed by atoms with E-state index in [1.54, 1.807) is 22.9 Å². The number of rotatable bonds is 5. The van der Waals surface area contributed by atoms with Crippen LogP contribution in [0.4, 0.5) is 0 Å². The molecular weight excluding hydrogens is 488 g/mol. The first-order valence-corrected chi connectivity index (χ1v) is 12.5. The lowest BCUT2D eigenvalue weighted by molar-refractivity contribution is -0.123. The number of thiocarbonyl (C=S) groups is 1. The average molecular weight is 511 g/mol. The van der Waals surface area contributed by atoms with Crippen LogP contribution in [-0.2, 0) is 4.79 Å². The molecule has 0 aliphatic carbocycles. The Morgan fingerprint density at radius 2 is 1.58 bits per heavy atom. The van der Waals surface area contributed by atoms with Crippen molar-refractivity contribution < 1.29 is 9.59 Å². The first-order chi connectivity index (χ1) is 17.4. The largest absolute Gasteiger partial charge is 0.285 e. The minimum atomic E-state index is -0.398. The molecule has 2 heterocycles. The second-order valence-corrected chi connectivity index (χ2v) is 10.1. The van der Waals surface area contributed by atoms with Gasteiger partial charge in [-0.25, -0.2) is 4.68 Å². The van der Waals surface area contributed by atoms with Crippen LogP contribution < -0.4 is 5.43 Å². The summed E-state index contributed by atoms with van der Waals surface area (Å²) in [6.45, 7) is 3.98. The highest BCUT2D eigenvalue weighted by molar-refractivity contribution is 8.26. The van der Waals surface area contributed by atoms with Crippen LogP contribution in [0.25, 0.3) is 23.0 Å². The molecule has 6 nitrogen and oxygen atoms in total. The number of thioether (sulfide) groups is 1. The number of hydrazine groups is 1. The average Bonchev–Trinajstić information content (AvgIpc) is 3.42. The number of nitrogens with one attached hydrogen (secondary N) is 1. The summed E-state index contributed by atoms with van der Waals surface area (Å²) in [6, 6.07) is 25.0. The zero-order chi connectivity index (χ0) is 25.2.